The molecular weight excluding hydrogens is 282 g/mol. The highest BCUT2D eigenvalue weighted by Crippen LogP contribution is 2.07. The lowest BCUT2D eigenvalue weighted by Gasteiger charge is -2.34. The lowest BCUT2D eigenvalue weighted by atomic mass is 10.2. The van der Waals surface area contributed by atoms with Gasteiger partial charge >= 0.3 is 0 Å². The van der Waals surface area contributed by atoms with Crippen molar-refractivity contribution in [3.63, 3.8) is 0 Å². The van der Waals surface area contributed by atoms with E-state index in [2.05, 4.69) is 15.1 Å². The molecular formula is C11H19N5O3S. The van der Waals surface area contributed by atoms with E-state index in [1.165, 1.54) is 17.1 Å². The van der Waals surface area contributed by atoms with Crippen molar-refractivity contribution in [3.05, 3.63) is 12.4 Å². The molecule has 2 heterocycles. The number of hydrogen-bond acceptors (Lipinski definition) is 5. The highest BCUT2D eigenvalue weighted by Gasteiger charge is 2.24. The van der Waals surface area contributed by atoms with Crippen molar-refractivity contribution in [2.45, 2.75) is 17.9 Å². The van der Waals surface area contributed by atoms with Crippen LogP contribution >= 0.6 is 0 Å². The fourth-order valence-corrected chi connectivity index (χ4v) is 3.05. The highest BCUT2D eigenvalue weighted by molar-refractivity contribution is 7.89. The highest BCUT2D eigenvalue weighted by atomic mass is 32.2. The number of carbonyl (C=O) groups excluding carboxylic acids is 1. The second-order valence-electron chi connectivity index (χ2n) is 4.81. The Bertz CT molecular complexity index is 583. The lowest BCUT2D eigenvalue weighted by Crippen LogP contribution is -2.54. The van der Waals surface area contributed by atoms with Crippen LogP contribution < -0.4 is 10.0 Å². The zero-order chi connectivity index (χ0) is 14.8. The first-order valence-electron chi connectivity index (χ1n) is 6.38. The quantitative estimate of drug-likeness (QED) is 0.707. The molecule has 1 aromatic rings. The molecule has 0 saturated carbocycles. The Balaban J connectivity index is 1.96. The second kappa shape index (κ2) is 5.90. The summed E-state index contributed by atoms with van der Waals surface area (Å²) in [4.78, 5) is 13.8. The molecule has 9 heteroatoms. The number of rotatable bonds is 4. The van der Waals surface area contributed by atoms with Crippen LogP contribution in [-0.2, 0) is 21.9 Å². The molecule has 1 aromatic heterocycles. The summed E-state index contributed by atoms with van der Waals surface area (Å²) in [6.07, 6.45) is 2.64. The molecule has 0 radical (unpaired) electrons. The van der Waals surface area contributed by atoms with Gasteiger partial charge in [-0.15, -0.1) is 0 Å². The van der Waals surface area contributed by atoms with Crippen molar-refractivity contribution >= 4 is 15.9 Å². The van der Waals surface area contributed by atoms with E-state index in [9.17, 15) is 13.2 Å². The van der Waals surface area contributed by atoms with E-state index in [-0.39, 0.29) is 23.4 Å². The van der Waals surface area contributed by atoms with E-state index in [0.717, 1.165) is 13.1 Å². The van der Waals surface area contributed by atoms with Crippen LogP contribution in [0.5, 0.6) is 0 Å². The summed E-state index contributed by atoms with van der Waals surface area (Å²) in [5, 5.41) is 6.98. The molecule has 0 aromatic carbocycles. The predicted molar refractivity (Wildman–Crippen MR) is 72.4 cm³/mol. The van der Waals surface area contributed by atoms with Crippen molar-refractivity contribution in [3.8, 4) is 0 Å². The van der Waals surface area contributed by atoms with Crippen molar-refractivity contribution in [2.24, 2.45) is 7.05 Å². The molecule has 1 aliphatic heterocycles. The maximum Gasteiger partial charge on any atom is 0.244 e. The third-order valence-corrected chi connectivity index (χ3v) is 4.58. The summed E-state index contributed by atoms with van der Waals surface area (Å²) in [6, 6.07) is 0.0687. The van der Waals surface area contributed by atoms with Gasteiger partial charge in [-0.25, -0.2) is 13.1 Å². The van der Waals surface area contributed by atoms with Gasteiger partial charge in [-0.05, 0) is 6.92 Å². The number of aryl methyl sites for hydroxylation is 1. The molecule has 2 rings (SSSR count). The van der Waals surface area contributed by atoms with Gasteiger partial charge in [0.25, 0.3) is 0 Å². The molecule has 112 valence electrons. The summed E-state index contributed by atoms with van der Waals surface area (Å²) in [5.41, 5.74) is 0. The van der Waals surface area contributed by atoms with Crippen LogP contribution in [0.15, 0.2) is 17.3 Å². The summed E-state index contributed by atoms with van der Waals surface area (Å²) < 4.78 is 27.6. The molecule has 8 nitrogen and oxygen atoms in total. The predicted octanol–water partition coefficient (Wildman–Crippen LogP) is -1.48. The normalized spacial score (nSPS) is 20.1. The second-order valence-corrected chi connectivity index (χ2v) is 6.58. The maximum atomic E-state index is 12.0. The molecule has 1 aliphatic rings. The number of carbonyl (C=O) groups is 1. The SMILES string of the molecule is C[C@@H]1CNCCN1C(=O)CNS(=O)(=O)c1cnn(C)c1. The van der Waals surface area contributed by atoms with Crippen LogP contribution in [0.2, 0.25) is 0 Å². The minimum absolute atomic E-state index is 0.0566. The first kappa shape index (κ1) is 14.9. The number of hydrogen-bond donors (Lipinski definition) is 2. The fourth-order valence-electron chi connectivity index (χ4n) is 2.09. The minimum atomic E-state index is -3.69. The third-order valence-electron chi connectivity index (χ3n) is 3.23. The van der Waals surface area contributed by atoms with Gasteiger partial charge in [0.1, 0.15) is 4.90 Å². The lowest BCUT2D eigenvalue weighted by molar-refractivity contribution is -0.132. The van der Waals surface area contributed by atoms with E-state index >= 15 is 0 Å². The summed E-state index contributed by atoms with van der Waals surface area (Å²) in [6.45, 7) is 3.74. The molecule has 20 heavy (non-hydrogen) atoms. The van der Waals surface area contributed by atoms with Gasteiger partial charge in [0, 0.05) is 38.9 Å². The average molecular weight is 301 g/mol. The van der Waals surface area contributed by atoms with Gasteiger partial charge in [-0.3, -0.25) is 9.48 Å². The zero-order valence-corrected chi connectivity index (χ0v) is 12.4. The molecule has 0 bridgehead atoms. The Morgan fingerprint density at radius 3 is 2.95 bits per heavy atom. The van der Waals surface area contributed by atoms with Crippen molar-refractivity contribution in [2.75, 3.05) is 26.2 Å². The van der Waals surface area contributed by atoms with Gasteiger partial charge in [-0.1, -0.05) is 0 Å². The van der Waals surface area contributed by atoms with Gasteiger partial charge in [0.2, 0.25) is 15.9 Å². The Morgan fingerprint density at radius 2 is 2.35 bits per heavy atom. The Hall–Kier alpha value is -1.45. The average Bonchev–Trinajstić information content (AvgIpc) is 2.84. The van der Waals surface area contributed by atoms with Crippen LogP contribution in [0.4, 0.5) is 0 Å². The topological polar surface area (TPSA) is 96.3 Å². The molecule has 1 fully saturated rings. The van der Waals surface area contributed by atoms with E-state index in [4.69, 9.17) is 0 Å². The van der Waals surface area contributed by atoms with Crippen LogP contribution in [-0.4, -0.2) is 61.2 Å². The first-order valence-corrected chi connectivity index (χ1v) is 7.87. The number of aromatic nitrogens is 2. The Morgan fingerprint density at radius 1 is 1.60 bits per heavy atom. The summed E-state index contributed by atoms with van der Waals surface area (Å²) in [7, 11) is -2.06. The molecule has 1 amide bonds. The summed E-state index contributed by atoms with van der Waals surface area (Å²) in [5.74, 6) is -0.216. The van der Waals surface area contributed by atoms with E-state index < -0.39 is 10.0 Å². The monoisotopic (exact) mass is 301 g/mol. The first-order chi connectivity index (χ1) is 9.40. The van der Waals surface area contributed by atoms with Crippen LogP contribution in [0, 0.1) is 0 Å². The van der Waals surface area contributed by atoms with Crippen LogP contribution in [0.3, 0.4) is 0 Å². The maximum absolute atomic E-state index is 12.0. The van der Waals surface area contributed by atoms with E-state index in [1.54, 1.807) is 11.9 Å². The molecule has 0 spiro atoms. The van der Waals surface area contributed by atoms with Crippen LogP contribution in [0.25, 0.3) is 0 Å². The smallest absolute Gasteiger partial charge is 0.244 e. The van der Waals surface area contributed by atoms with Crippen LogP contribution in [0.1, 0.15) is 6.92 Å². The number of amides is 1. The van der Waals surface area contributed by atoms with Gasteiger partial charge < -0.3 is 10.2 Å². The molecule has 0 unspecified atom stereocenters. The number of sulfonamides is 1. The van der Waals surface area contributed by atoms with Crippen molar-refractivity contribution in [1.82, 2.24) is 24.7 Å². The van der Waals surface area contributed by atoms with Crippen molar-refractivity contribution < 1.29 is 13.2 Å². The number of piperazine rings is 1. The minimum Gasteiger partial charge on any atom is -0.336 e. The van der Waals surface area contributed by atoms with Gasteiger partial charge in [0.05, 0.1) is 12.7 Å². The standard InChI is InChI=1S/C11H19N5O3S/c1-9-5-12-3-4-16(9)11(17)7-14-20(18,19)10-6-13-15(2)8-10/h6,8-9,12,14H,3-5,7H2,1-2H3/t9-/m1/s1. The number of nitrogens with zero attached hydrogens (tertiary/aromatic N) is 3. The van der Waals surface area contributed by atoms with E-state index in [1.807, 2.05) is 6.92 Å². The molecule has 1 atom stereocenters. The fraction of sp³-hybridized carbons (Fsp3) is 0.636. The zero-order valence-electron chi connectivity index (χ0n) is 11.5. The van der Waals surface area contributed by atoms with Gasteiger partial charge in [0.15, 0.2) is 0 Å². The largest absolute Gasteiger partial charge is 0.336 e. The van der Waals surface area contributed by atoms with E-state index in [0.29, 0.717) is 6.54 Å². The Kier molecular flexibility index (Phi) is 4.41. The van der Waals surface area contributed by atoms with Crippen molar-refractivity contribution in [1.29, 1.82) is 0 Å². The third kappa shape index (κ3) is 3.35. The Labute approximate surface area is 118 Å². The molecule has 1 saturated heterocycles. The molecule has 0 aliphatic carbocycles. The summed E-state index contributed by atoms with van der Waals surface area (Å²) >= 11 is 0. The molecule has 2 N–H and O–H groups in total. The van der Waals surface area contributed by atoms with Gasteiger partial charge in [-0.2, -0.15) is 5.10 Å². The number of nitrogens with one attached hydrogen (secondary N) is 2.